The van der Waals surface area contributed by atoms with E-state index in [1.165, 1.54) is 29.8 Å². The van der Waals surface area contributed by atoms with Gasteiger partial charge in [0.1, 0.15) is 17.3 Å². The van der Waals surface area contributed by atoms with Gasteiger partial charge < -0.3 is 14.8 Å². The molecule has 2 aromatic carbocycles. The fraction of sp³-hybridized carbons (Fsp3) is 0.350. The van der Waals surface area contributed by atoms with Crippen molar-refractivity contribution >= 4 is 5.91 Å². The number of aryl methyl sites for hydroxylation is 1. The summed E-state index contributed by atoms with van der Waals surface area (Å²) in [4.78, 5) is 12.0. The molecule has 0 aliphatic carbocycles. The van der Waals surface area contributed by atoms with E-state index in [1.54, 1.807) is 6.92 Å². The number of hydrogen-bond acceptors (Lipinski definition) is 3. The van der Waals surface area contributed by atoms with Crippen molar-refractivity contribution in [2.45, 2.75) is 32.8 Å². The Morgan fingerprint density at radius 1 is 1.08 bits per heavy atom. The Labute approximate surface area is 148 Å². The highest BCUT2D eigenvalue weighted by molar-refractivity contribution is 5.80. The predicted molar refractivity (Wildman–Crippen MR) is 95.4 cm³/mol. The van der Waals surface area contributed by atoms with Crippen LogP contribution in [0.15, 0.2) is 48.5 Å². The Kier molecular flexibility index (Phi) is 7.26. The summed E-state index contributed by atoms with van der Waals surface area (Å²) >= 11 is 0. The van der Waals surface area contributed by atoms with Crippen LogP contribution in [0.5, 0.6) is 11.5 Å². The summed E-state index contributed by atoms with van der Waals surface area (Å²) in [7, 11) is 0. The van der Waals surface area contributed by atoms with Gasteiger partial charge in [0.05, 0.1) is 6.61 Å². The second-order valence-corrected chi connectivity index (χ2v) is 5.69. The molecule has 0 radical (unpaired) electrons. The Balaban J connectivity index is 1.68. The number of ether oxygens (including phenoxy) is 2. The number of halogens is 1. The molecule has 0 heterocycles. The minimum Gasteiger partial charge on any atom is -0.494 e. The number of carbonyl (C=O) groups is 1. The van der Waals surface area contributed by atoms with Crippen molar-refractivity contribution in [3.05, 3.63) is 59.9 Å². The average Bonchev–Trinajstić information content (AvgIpc) is 2.62. The number of rotatable bonds is 9. The van der Waals surface area contributed by atoms with Crippen LogP contribution in [0.4, 0.5) is 4.39 Å². The minimum absolute atomic E-state index is 0.184. The van der Waals surface area contributed by atoms with E-state index >= 15 is 0 Å². The normalized spacial score (nSPS) is 11.6. The third-order valence-electron chi connectivity index (χ3n) is 3.67. The van der Waals surface area contributed by atoms with Gasteiger partial charge in [-0.25, -0.2) is 4.39 Å². The summed E-state index contributed by atoms with van der Waals surface area (Å²) < 4.78 is 23.7. The highest BCUT2D eigenvalue weighted by Crippen LogP contribution is 2.14. The monoisotopic (exact) mass is 345 g/mol. The molecule has 25 heavy (non-hydrogen) atoms. The zero-order chi connectivity index (χ0) is 18.1. The molecule has 1 amide bonds. The van der Waals surface area contributed by atoms with E-state index in [0.717, 1.165) is 18.6 Å². The van der Waals surface area contributed by atoms with Crippen molar-refractivity contribution < 1.29 is 18.7 Å². The van der Waals surface area contributed by atoms with Gasteiger partial charge in [-0.15, -0.1) is 0 Å². The van der Waals surface area contributed by atoms with Crippen molar-refractivity contribution in [3.8, 4) is 11.5 Å². The van der Waals surface area contributed by atoms with Crippen LogP contribution in [0.2, 0.25) is 0 Å². The maximum Gasteiger partial charge on any atom is 0.260 e. The smallest absolute Gasteiger partial charge is 0.260 e. The van der Waals surface area contributed by atoms with Gasteiger partial charge in [-0.05, 0) is 68.7 Å². The number of amides is 1. The van der Waals surface area contributed by atoms with Crippen LogP contribution in [-0.2, 0) is 11.2 Å². The van der Waals surface area contributed by atoms with E-state index < -0.39 is 6.10 Å². The van der Waals surface area contributed by atoms with Gasteiger partial charge in [-0.1, -0.05) is 12.1 Å². The first-order chi connectivity index (χ1) is 12.1. The molecule has 0 aliphatic rings. The van der Waals surface area contributed by atoms with Crippen LogP contribution < -0.4 is 14.8 Å². The van der Waals surface area contributed by atoms with Crippen LogP contribution in [0, 0.1) is 5.82 Å². The van der Waals surface area contributed by atoms with E-state index in [0.29, 0.717) is 18.9 Å². The van der Waals surface area contributed by atoms with Crippen LogP contribution in [0.3, 0.4) is 0 Å². The molecule has 0 saturated carbocycles. The second-order valence-electron chi connectivity index (χ2n) is 5.69. The third-order valence-corrected chi connectivity index (χ3v) is 3.67. The number of nitrogens with one attached hydrogen (secondary N) is 1. The number of carbonyl (C=O) groups excluding carboxylic acids is 1. The van der Waals surface area contributed by atoms with Crippen molar-refractivity contribution in [2.24, 2.45) is 0 Å². The maximum absolute atomic E-state index is 12.8. The van der Waals surface area contributed by atoms with Crippen LogP contribution in [0.25, 0.3) is 0 Å². The van der Waals surface area contributed by atoms with Gasteiger partial charge in [-0.2, -0.15) is 0 Å². The predicted octanol–water partition coefficient (Wildman–Crippen LogP) is 3.74. The largest absolute Gasteiger partial charge is 0.494 e. The van der Waals surface area contributed by atoms with Crippen molar-refractivity contribution in [3.63, 3.8) is 0 Å². The van der Waals surface area contributed by atoms with Gasteiger partial charge in [0.2, 0.25) is 0 Å². The quantitative estimate of drug-likeness (QED) is 0.704. The lowest BCUT2D eigenvalue weighted by Gasteiger charge is -2.14. The zero-order valence-corrected chi connectivity index (χ0v) is 14.6. The molecule has 134 valence electrons. The molecule has 4 nitrogen and oxygen atoms in total. The molecule has 1 unspecified atom stereocenters. The first-order valence-corrected chi connectivity index (χ1v) is 8.50. The lowest BCUT2D eigenvalue weighted by Crippen LogP contribution is -2.36. The van der Waals surface area contributed by atoms with Crippen molar-refractivity contribution in [2.75, 3.05) is 13.2 Å². The molecule has 5 heteroatoms. The van der Waals surface area contributed by atoms with E-state index in [1.807, 2.05) is 31.2 Å². The van der Waals surface area contributed by atoms with E-state index in [9.17, 15) is 9.18 Å². The molecule has 0 fully saturated rings. The van der Waals surface area contributed by atoms with Crippen molar-refractivity contribution in [1.82, 2.24) is 5.32 Å². The highest BCUT2D eigenvalue weighted by Gasteiger charge is 2.13. The van der Waals surface area contributed by atoms with E-state index in [2.05, 4.69) is 5.32 Å². The molecular weight excluding hydrogens is 321 g/mol. The Morgan fingerprint density at radius 3 is 2.36 bits per heavy atom. The first kappa shape index (κ1) is 18.8. The molecule has 2 aromatic rings. The van der Waals surface area contributed by atoms with Gasteiger partial charge in [0, 0.05) is 6.54 Å². The molecular formula is C20H24FNO3. The summed E-state index contributed by atoms with van der Waals surface area (Å²) in [5.74, 6) is 0.819. The molecule has 1 atom stereocenters. The molecule has 0 aromatic heterocycles. The summed E-state index contributed by atoms with van der Waals surface area (Å²) in [6.45, 7) is 4.86. The zero-order valence-electron chi connectivity index (χ0n) is 14.6. The summed E-state index contributed by atoms with van der Waals surface area (Å²) in [6.07, 6.45) is 1.08. The molecule has 0 spiro atoms. The average molecular weight is 345 g/mol. The summed E-state index contributed by atoms with van der Waals surface area (Å²) in [5.41, 5.74) is 1.20. The lowest BCUT2D eigenvalue weighted by molar-refractivity contribution is -0.127. The van der Waals surface area contributed by atoms with E-state index in [4.69, 9.17) is 9.47 Å². The third kappa shape index (κ3) is 6.45. The van der Waals surface area contributed by atoms with Gasteiger partial charge in [-0.3, -0.25) is 4.79 Å². The Hall–Kier alpha value is -2.56. The van der Waals surface area contributed by atoms with Gasteiger partial charge in [0.15, 0.2) is 6.10 Å². The first-order valence-electron chi connectivity index (χ1n) is 8.50. The standard InChI is InChI=1S/C20H24FNO3/c1-3-24-18-10-6-16(7-11-18)5-4-14-22-20(23)15(2)25-19-12-8-17(21)9-13-19/h6-13,15H,3-5,14H2,1-2H3,(H,22,23). The maximum atomic E-state index is 12.8. The molecule has 2 rings (SSSR count). The molecule has 1 N–H and O–H groups in total. The summed E-state index contributed by atoms with van der Waals surface area (Å²) in [5, 5.41) is 2.85. The van der Waals surface area contributed by atoms with Crippen LogP contribution in [0.1, 0.15) is 25.8 Å². The molecule has 0 aliphatic heterocycles. The Morgan fingerprint density at radius 2 is 1.72 bits per heavy atom. The molecule has 0 bridgehead atoms. The van der Waals surface area contributed by atoms with Gasteiger partial charge in [0.25, 0.3) is 5.91 Å². The SMILES string of the molecule is CCOc1ccc(CCCNC(=O)C(C)Oc2ccc(F)cc2)cc1. The lowest BCUT2D eigenvalue weighted by atomic mass is 10.1. The fourth-order valence-electron chi connectivity index (χ4n) is 2.34. The summed E-state index contributed by atoms with van der Waals surface area (Å²) in [6, 6.07) is 13.6. The van der Waals surface area contributed by atoms with Crippen LogP contribution in [-0.4, -0.2) is 25.2 Å². The number of hydrogen-bond donors (Lipinski definition) is 1. The van der Waals surface area contributed by atoms with Gasteiger partial charge >= 0.3 is 0 Å². The Bertz CT molecular complexity index is 656. The minimum atomic E-state index is -0.629. The fourth-order valence-corrected chi connectivity index (χ4v) is 2.34. The van der Waals surface area contributed by atoms with Crippen molar-refractivity contribution in [1.29, 1.82) is 0 Å². The number of benzene rings is 2. The second kappa shape index (κ2) is 9.67. The highest BCUT2D eigenvalue weighted by atomic mass is 19.1. The van der Waals surface area contributed by atoms with Crippen LogP contribution >= 0.6 is 0 Å². The van der Waals surface area contributed by atoms with E-state index in [-0.39, 0.29) is 11.7 Å². The molecule has 0 saturated heterocycles. The topological polar surface area (TPSA) is 47.6 Å².